The predicted molar refractivity (Wildman–Crippen MR) is 65.0 cm³/mol. The third kappa shape index (κ3) is 3.76. The highest BCUT2D eigenvalue weighted by molar-refractivity contribution is 4.86. The second kappa shape index (κ2) is 7.24. The average Bonchev–Trinajstić information content (AvgIpc) is 2.29. The van der Waals surface area contributed by atoms with Crippen LogP contribution in [0.5, 0.6) is 0 Å². The van der Waals surface area contributed by atoms with Gasteiger partial charge in [0.05, 0.1) is 11.7 Å². The minimum atomic E-state index is -0.331. The van der Waals surface area contributed by atoms with Crippen LogP contribution < -0.4 is 0 Å². The Labute approximate surface area is 95.0 Å². The highest BCUT2D eigenvalue weighted by Gasteiger charge is 2.35. The van der Waals surface area contributed by atoms with E-state index in [-0.39, 0.29) is 11.7 Å². The Morgan fingerprint density at radius 1 is 1.07 bits per heavy atom. The van der Waals surface area contributed by atoms with Gasteiger partial charge in [-0.3, -0.25) is 0 Å². The van der Waals surface area contributed by atoms with E-state index >= 15 is 0 Å². The summed E-state index contributed by atoms with van der Waals surface area (Å²) in [6.45, 7) is 8.55. The summed E-state index contributed by atoms with van der Waals surface area (Å²) < 4.78 is 5.54. The minimum Gasteiger partial charge on any atom is -0.390 e. The molecule has 0 saturated heterocycles. The average molecular weight is 216 g/mol. The molecule has 1 N–H and O–H groups in total. The van der Waals surface area contributed by atoms with Crippen LogP contribution in [0.1, 0.15) is 59.8 Å². The van der Waals surface area contributed by atoms with Crippen molar-refractivity contribution in [2.24, 2.45) is 5.92 Å². The van der Waals surface area contributed by atoms with Gasteiger partial charge in [-0.25, -0.2) is 0 Å². The molecule has 0 bridgehead atoms. The van der Waals surface area contributed by atoms with Gasteiger partial charge in [-0.05, 0) is 25.2 Å². The monoisotopic (exact) mass is 216 g/mol. The summed E-state index contributed by atoms with van der Waals surface area (Å²) in [5, 5.41) is 10.3. The van der Waals surface area contributed by atoms with E-state index in [1.807, 2.05) is 0 Å². The van der Waals surface area contributed by atoms with E-state index in [2.05, 4.69) is 27.7 Å². The molecule has 0 amide bonds. The number of aliphatic hydroxyl groups is 1. The number of aliphatic hydroxyl groups excluding tert-OH is 1. The number of hydrogen-bond acceptors (Lipinski definition) is 2. The molecule has 0 fully saturated rings. The molecule has 2 heteroatoms. The molecule has 0 aliphatic heterocycles. The lowest BCUT2D eigenvalue weighted by molar-refractivity contribution is -0.114. The van der Waals surface area contributed by atoms with E-state index in [0.717, 1.165) is 32.1 Å². The van der Waals surface area contributed by atoms with Gasteiger partial charge in [0.25, 0.3) is 0 Å². The molecule has 0 aromatic carbocycles. The Hall–Kier alpha value is -0.0800. The smallest absolute Gasteiger partial charge is 0.0931 e. The molecule has 0 aromatic heterocycles. The maximum absolute atomic E-state index is 10.3. The normalized spacial score (nSPS) is 14.6. The Morgan fingerprint density at radius 3 is 1.80 bits per heavy atom. The highest BCUT2D eigenvalue weighted by atomic mass is 16.5. The molecule has 0 aromatic rings. The van der Waals surface area contributed by atoms with Crippen LogP contribution in [-0.2, 0) is 4.74 Å². The molecule has 1 unspecified atom stereocenters. The van der Waals surface area contributed by atoms with Crippen LogP contribution in [0.2, 0.25) is 0 Å². The summed E-state index contributed by atoms with van der Waals surface area (Å²) in [5.74, 6) is 0.618. The first-order valence-electron chi connectivity index (χ1n) is 6.33. The Balaban J connectivity index is 4.43. The minimum absolute atomic E-state index is 0.331. The largest absolute Gasteiger partial charge is 0.390 e. The predicted octanol–water partition coefficient (Wildman–Crippen LogP) is 3.38. The zero-order valence-electron chi connectivity index (χ0n) is 11.0. The van der Waals surface area contributed by atoms with Crippen molar-refractivity contribution < 1.29 is 9.84 Å². The number of hydrogen-bond donors (Lipinski definition) is 1. The van der Waals surface area contributed by atoms with Crippen LogP contribution in [0.4, 0.5) is 0 Å². The maximum Gasteiger partial charge on any atom is 0.0931 e. The number of ether oxygens (including phenoxy) is 1. The summed E-state index contributed by atoms with van der Waals surface area (Å²) in [6, 6.07) is 0. The molecular formula is C13H28O2. The summed E-state index contributed by atoms with van der Waals surface area (Å²) in [6.07, 6.45) is 4.56. The first kappa shape index (κ1) is 14.9. The molecule has 0 radical (unpaired) electrons. The Morgan fingerprint density at radius 2 is 1.53 bits per heavy atom. The van der Waals surface area contributed by atoms with Crippen molar-refractivity contribution in [2.75, 3.05) is 7.11 Å². The summed E-state index contributed by atoms with van der Waals surface area (Å²) in [4.78, 5) is 0. The lowest BCUT2D eigenvalue weighted by atomic mass is 9.83. The van der Waals surface area contributed by atoms with Gasteiger partial charge in [0.15, 0.2) is 0 Å². The van der Waals surface area contributed by atoms with E-state index in [1.165, 1.54) is 0 Å². The second-order valence-corrected chi connectivity index (χ2v) is 4.41. The molecule has 92 valence electrons. The Kier molecular flexibility index (Phi) is 7.20. The van der Waals surface area contributed by atoms with Crippen molar-refractivity contribution in [1.29, 1.82) is 0 Å². The molecule has 1 atom stereocenters. The SMILES string of the molecule is CCC(CC)CC(O)C(CC)(CC)OC. The highest BCUT2D eigenvalue weighted by Crippen LogP contribution is 2.29. The van der Waals surface area contributed by atoms with Crippen LogP contribution >= 0.6 is 0 Å². The van der Waals surface area contributed by atoms with E-state index in [0.29, 0.717) is 5.92 Å². The van der Waals surface area contributed by atoms with Crippen molar-refractivity contribution in [3.05, 3.63) is 0 Å². The molecule has 15 heavy (non-hydrogen) atoms. The number of rotatable bonds is 8. The van der Waals surface area contributed by atoms with Crippen LogP contribution in [-0.4, -0.2) is 23.9 Å². The van der Waals surface area contributed by atoms with E-state index in [4.69, 9.17) is 4.74 Å². The van der Waals surface area contributed by atoms with E-state index < -0.39 is 0 Å². The van der Waals surface area contributed by atoms with Crippen molar-refractivity contribution in [3.63, 3.8) is 0 Å². The van der Waals surface area contributed by atoms with Gasteiger partial charge < -0.3 is 9.84 Å². The fraction of sp³-hybridized carbons (Fsp3) is 1.00. The van der Waals surface area contributed by atoms with Crippen LogP contribution in [0, 0.1) is 5.92 Å². The summed E-state index contributed by atoms with van der Waals surface area (Å²) in [7, 11) is 1.71. The fourth-order valence-electron chi connectivity index (χ4n) is 2.30. The van der Waals surface area contributed by atoms with Gasteiger partial charge in [-0.2, -0.15) is 0 Å². The van der Waals surface area contributed by atoms with E-state index in [1.54, 1.807) is 7.11 Å². The van der Waals surface area contributed by atoms with Gasteiger partial charge in [-0.15, -0.1) is 0 Å². The Bertz CT molecular complexity index is 140. The second-order valence-electron chi connectivity index (χ2n) is 4.41. The van der Waals surface area contributed by atoms with Gasteiger partial charge in [0.1, 0.15) is 0 Å². The fourth-order valence-corrected chi connectivity index (χ4v) is 2.30. The standard InChI is InChI=1S/C13H28O2/c1-6-11(7-2)10-12(14)13(8-3,9-4)15-5/h11-12,14H,6-10H2,1-5H3. The van der Waals surface area contributed by atoms with Crippen molar-refractivity contribution in [2.45, 2.75) is 71.5 Å². The summed E-state index contributed by atoms with van der Waals surface area (Å²) in [5.41, 5.74) is -0.331. The van der Waals surface area contributed by atoms with Crippen LogP contribution in [0.3, 0.4) is 0 Å². The zero-order valence-corrected chi connectivity index (χ0v) is 11.0. The third-order valence-electron chi connectivity index (χ3n) is 3.92. The molecule has 0 spiro atoms. The molecular weight excluding hydrogens is 188 g/mol. The van der Waals surface area contributed by atoms with Gasteiger partial charge in [-0.1, -0.05) is 40.5 Å². The first-order chi connectivity index (χ1) is 7.10. The lowest BCUT2D eigenvalue weighted by Crippen LogP contribution is -2.44. The van der Waals surface area contributed by atoms with Gasteiger partial charge in [0, 0.05) is 7.11 Å². The molecule has 0 aliphatic rings. The molecule has 0 saturated carbocycles. The molecule has 0 aliphatic carbocycles. The molecule has 0 heterocycles. The van der Waals surface area contributed by atoms with Gasteiger partial charge >= 0.3 is 0 Å². The molecule has 2 nitrogen and oxygen atoms in total. The van der Waals surface area contributed by atoms with Gasteiger partial charge in [0.2, 0.25) is 0 Å². The maximum atomic E-state index is 10.3. The molecule has 0 rings (SSSR count). The number of methoxy groups -OCH3 is 1. The zero-order chi connectivity index (χ0) is 11.9. The van der Waals surface area contributed by atoms with Crippen LogP contribution in [0.25, 0.3) is 0 Å². The lowest BCUT2D eigenvalue weighted by Gasteiger charge is -2.36. The summed E-state index contributed by atoms with van der Waals surface area (Å²) >= 11 is 0. The van der Waals surface area contributed by atoms with Crippen LogP contribution in [0.15, 0.2) is 0 Å². The van der Waals surface area contributed by atoms with Crippen molar-refractivity contribution >= 4 is 0 Å². The van der Waals surface area contributed by atoms with E-state index in [9.17, 15) is 5.11 Å². The van der Waals surface area contributed by atoms with Crippen molar-refractivity contribution in [3.8, 4) is 0 Å². The first-order valence-corrected chi connectivity index (χ1v) is 6.33. The van der Waals surface area contributed by atoms with Crippen molar-refractivity contribution in [1.82, 2.24) is 0 Å². The third-order valence-corrected chi connectivity index (χ3v) is 3.92. The quantitative estimate of drug-likeness (QED) is 0.674. The topological polar surface area (TPSA) is 29.5 Å².